The summed E-state index contributed by atoms with van der Waals surface area (Å²) in [6.45, 7) is 3.01. The Kier molecular flexibility index (Phi) is 9.79. The van der Waals surface area contributed by atoms with Crippen molar-refractivity contribution in [3.8, 4) is 11.3 Å². The molecule has 3 heterocycles. The van der Waals surface area contributed by atoms with E-state index in [1.54, 1.807) is 36.7 Å². The van der Waals surface area contributed by atoms with E-state index in [2.05, 4.69) is 70.3 Å². The van der Waals surface area contributed by atoms with E-state index >= 15 is 0 Å². The first-order valence-electron chi connectivity index (χ1n) is 13.2. The number of imidazole rings is 1. The number of aromatic nitrogens is 4. The highest BCUT2D eigenvalue weighted by Gasteiger charge is 2.13. The maximum absolute atomic E-state index is 12.7. The molecule has 5 aromatic rings. The number of hydrogen-bond acceptors (Lipinski definition) is 5. The third-order valence-corrected chi connectivity index (χ3v) is 8.96. The van der Waals surface area contributed by atoms with Crippen LogP contribution in [0.25, 0.3) is 11.3 Å². The number of aromatic amines is 1. The van der Waals surface area contributed by atoms with Gasteiger partial charge in [0.05, 0.1) is 28.4 Å². The normalized spacial score (nSPS) is 11.0. The van der Waals surface area contributed by atoms with Crippen molar-refractivity contribution in [2.75, 3.05) is 5.32 Å². The summed E-state index contributed by atoms with van der Waals surface area (Å²) in [4.78, 5) is 36.5. The van der Waals surface area contributed by atoms with Crippen molar-refractivity contribution in [1.29, 1.82) is 0 Å². The van der Waals surface area contributed by atoms with Crippen molar-refractivity contribution in [3.63, 3.8) is 0 Å². The third kappa shape index (κ3) is 7.49. The summed E-state index contributed by atoms with van der Waals surface area (Å²) in [5.74, 6) is 0.650. The van der Waals surface area contributed by atoms with E-state index in [1.807, 2.05) is 13.1 Å². The fourth-order valence-electron chi connectivity index (χ4n) is 4.58. The first-order chi connectivity index (χ1) is 20.3. The number of pyridine rings is 1. The van der Waals surface area contributed by atoms with Crippen molar-refractivity contribution in [2.45, 2.75) is 39.3 Å². The number of carbonyl (C=O) groups is 1. The van der Waals surface area contributed by atoms with Gasteiger partial charge in [-0.3, -0.25) is 10.1 Å². The number of halogens is 3. The maximum atomic E-state index is 12.7. The third-order valence-electron chi connectivity index (χ3n) is 6.86. The van der Waals surface area contributed by atoms with E-state index < -0.39 is 0 Å². The van der Waals surface area contributed by atoms with Crippen LogP contribution in [0.5, 0.6) is 0 Å². The lowest BCUT2D eigenvalue weighted by molar-refractivity contribution is 0.251. The molecule has 8 nitrogen and oxygen atoms in total. The topological polar surface area (TPSA) is 105 Å². The first-order valence-corrected chi connectivity index (χ1v) is 15.5. The summed E-state index contributed by atoms with van der Waals surface area (Å²) < 4.78 is 2.96. The number of anilines is 1. The Hall–Kier alpha value is -3.44. The number of nitrogens with one attached hydrogen (secondary N) is 3. The molecule has 3 N–H and O–H groups in total. The van der Waals surface area contributed by atoms with Crippen molar-refractivity contribution < 1.29 is 4.79 Å². The number of aryl methyl sites for hydroxylation is 2. The molecule has 42 heavy (non-hydrogen) atoms. The molecule has 0 aliphatic heterocycles. The molecule has 5 rings (SSSR count). The Morgan fingerprint density at radius 2 is 1.81 bits per heavy atom. The van der Waals surface area contributed by atoms with E-state index in [9.17, 15) is 9.59 Å². The first kappa shape index (κ1) is 30.0. The number of nitrogens with zero attached hydrogens (tertiary/aromatic N) is 3. The zero-order valence-electron chi connectivity index (χ0n) is 22.6. The zero-order chi connectivity index (χ0) is 29.6. The molecule has 216 valence electrons. The van der Waals surface area contributed by atoms with Crippen LogP contribution in [-0.2, 0) is 25.9 Å². The van der Waals surface area contributed by atoms with E-state index in [-0.39, 0.29) is 18.0 Å². The number of benzene rings is 2. The SMILES string of the molecule is Cc1c(Cc2c(Cl)cccc2Cl)c(=O)ccn1CCCc1ccc(-c2cnc(CNC(=O)Nc3ncc(Br)s3)[nH]2)cc1. The average molecular weight is 686 g/mol. The number of rotatable bonds is 10. The van der Waals surface area contributed by atoms with Gasteiger partial charge < -0.3 is 14.9 Å². The number of H-pyrrole nitrogens is 1. The molecule has 0 unspecified atom stereocenters. The smallest absolute Gasteiger partial charge is 0.321 e. The molecule has 0 fully saturated rings. The highest BCUT2D eigenvalue weighted by molar-refractivity contribution is 9.11. The van der Waals surface area contributed by atoms with E-state index in [4.69, 9.17) is 23.2 Å². The highest BCUT2D eigenvalue weighted by Crippen LogP contribution is 2.27. The zero-order valence-corrected chi connectivity index (χ0v) is 26.5. The minimum atomic E-state index is -0.349. The van der Waals surface area contributed by atoms with Gasteiger partial charge in [-0.2, -0.15) is 0 Å². The van der Waals surface area contributed by atoms with Crippen molar-refractivity contribution in [3.05, 3.63) is 119 Å². The summed E-state index contributed by atoms with van der Waals surface area (Å²) in [6, 6.07) is 15.0. The Bertz CT molecular complexity index is 1750. The number of urea groups is 1. The second-order valence-corrected chi connectivity index (χ2v) is 12.9. The van der Waals surface area contributed by atoms with Crippen LogP contribution < -0.4 is 16.1 Å². The molecule has 0 aliphatic rings. The molecule has 0 aliphatic carbocycles. The second kappa shape index (κ2) is 13.7. The van der Waals surface area contributed by atoms with Gasteiger partial charge in [-0.15, -0.1) is 0 Å². The molecule has 0 saturated heterocycles. The van der Waals surface area contributed by atoms with Crippen molar-refractivity contribution in [2.24, 2.45) is 0 Å². The lowest BCUT2D eigenvalue weighted by Crippen LogP contribution is -2.28. The van der Waals surface area contributed by atoms with Crippen LogP contribution >= 0.6 is 50.5 Å². The van der Waals surface area contributed by atoms with Crippen LogP contribution in [0.3, 0.4) is 0 Å². The predicted octanol–water partition coefficient (Wildman–Crippen LogP) is 7.62. The van der Waals surface area contributed by atoms with E-state index in [1.165, 1.54) is 16.9 Å². The molecule has 12 heteroatoms. The van der Waals surface area contributed by atoms with Gasteiger partial charge in [0.25, 0.3) is 0 Å². The Morgan fingerprint density at radius 3 is 2.52 bits per heavy atom. The molecule has 0 saturated carbocycles. The largest absolute Gasteiger partial charge is 0.351 e. The molecular weight excluding hydrogens is 659 g/mol. The molecule has 2 aromatic carbocycles. The quantitative estimate of drug-likeness (QED) is 0.141. The van der Waals surface area contributed by atoms with Crippen LogP contribution in [-0.4, -0.2) is 25.6 Å². The average Bonchev–Trinajstić information content (AvgIpc) is 3.61. The lowest BCUT2D eigenvalue weighted by atomic mass is 10.0. The standard InChI is InChI=1S/C30H27BrCl2N6O2S/c1-18-21(14-22-23(32)5-2-6-24(22)33)26(40)11-13-39(18)12-3-4-19-7-9-20(10-8-19)25-15-34-28(37-25)17-35-29(41)38-30-36-16-27(31)42-30/h2,5-11,13,15-16H,3-4,12,14,17H2,1H3,(H,34,37)(H2,35,36,38,41). The molecule has 2 amide bonds. The van der Waals surface area contributed by atoms with Crippen molar-refractivity contribution >= 4 is 61.6 Å². The number of amides is 2. The lowest BCUT2D eigenvalue weighted by Gasteiger charge is -2.15. The number of thiazole rings is 1. The fourth-order valence-corrected chi connectivity index (χ4v) is 6.21. The second-order valence-electron chi connectivity index (χ2n) is 9.64. The van der Waals surface area contributed by atoms with Crippen molar-refractivity contribution in [1.82, 2.24) is 24.8 Å². The summed E-state index contributed by atoms with van der Waals surface area (Å²) in [5, 5.41) is 7.09. The number of carbonyl (C=O) groups excluding carboxylic acids is 1. The summed E-state index contributed by atoms with van der Waals surface area (Å²) in [6.07, 6.45) is 7.44. The Morgan fingerprint density at radius 1 is 1.05 bits per heavy atom. The van der Waals surface area contributed by atoms with Crippen LogP contribution in [0.2, 0.25) is 10.0 Å². The Balaban J connectivity index is 1.14. The number of hydrogen-bond donors (Lipinski definition) is 3. The van der Waals surface area contributed by atoms with E-state index in [0.29, 0.717) is 33.0 Å². The maximum Gasteiger partial charge on any atom is 0.321 e. The van der Waals surface area contributed by atoms with Crippen LogP contribution in [0.15, 0.2) is 75.7 Å². The van der Waals surface area contributed by atoms with Gasteiger partial charge in [-0.1, -0.05) is 64.9 Å². The molecule has 0 radical (unpaired) electrons. The van der Waals surface area contributed by atoms with Gasteiger partial charge in [0.2, 0.25) is 0 Å². The van der Waals surface area contributed by atoms with Crippen LogP contribution in [0.4, 0.5) is 9.93 Å². The van der Waals surface area contributed by atoms with Gasteiger partial charge >= 0.3 is 6.03 Å². The van der Waals surface area contributed by atoms with Gasteiger partial charge in [0.1, 0.15) is 5.82 Å². The minimum Gasteiger partial charge on any atom is -0.351 e. The van der Waals surface area contributed by atoms with Gasteiger partial charge in [-0.25, -0.2) is 14.8 Å². The minimum absolute atomic E-state index is 0.0135. The molecular formula is C30H27BrCl2N6O2S. The van der Waals surface area contributed by atoms with Gasteiger partial charge in [0, 0.05) is 46.5 Å². The molecule has 0 bridgehead atoms. The predicted molar refractivity (Wildman–Crippen MR) is 173 cm³/mol. The molecule has 3 aromatic heterocycles. The highest BCUT2D eigenvalue weighted by atomic mass is 79.9. The Labute approximate surface area is 265 Å². The van der Waals surface area contributed by atoms with E-state index in [0.717, 1.165) is 45.7 Å². The van der Waals surface area contributed by atoms with Crippen LogP contribution in [0, 0.1) is 6.92 Å². The summed E-state index contributed by atoms with van der Waals surface area (Å²) in [5.41, 5.74) is 5.48. The molecule has 0 spiro atoms. The molecule has 0 atom stereocenters. The fraction of sp³-hybridized carbons (Fsp3) is 0.200. The van der Waals surface area contributed by atoms with Gasteiger partial charge in [0.15, 0.2) is 10.6 Å². The van der Waals surface area contributed by atoms with Crippen LogP contribution in [0.1, 0.15) is 34.6 Å². The summed E-state index contributed by atoms with van der Waals surface area (Å²) in [7, 11) is 0. The monoisotopic (exact) mass is 684 g/mol. The van der Waals surface area contributed by atoms with Gasteiger partial charge in [-0.05, 0) is 64.5 Å². The summed E-state index contributed by atoms with van der Waals surface area (Å²) >= 11 is 17.4.